The molecule has 170 valence electrons. The van der Waals surface area contributed by atoms with Crippen molar-refractivity contribution < 1.29 is 13.9 Å². The van der Waals surface area contributed by atoms with Gasteiger partial charge in [-0.3, -0.25) is 4.79 Å². The van der Waals surface area contributed by atoms with Gasteiger partial charge >= 0.3 is 0 Å². The Balaban J connectivity index is 1.65. The van der Waals surface area contributed by atoms with E-state index in [1.54, 1.807) is 12.1 Å². The Morgan fingerprint density at radius 2 is 1.78 bits per heavy atom. The van der Waals surface area contributed by atoms with E-state index >= 15 is 0 Å². The van der Waals surface area contributed by atoms with Crippen LogP contribution in [0.2, 0.25) is 0 Å². The first-order valence-electron chi connectivity index (χ1n) is 11.1. The Morgan fingerprint density at radius 3 is 2.53 bits per heavy atom. The lowest BCUT2D eigenvalue weighted by Gasteiger charge is -2.24. The molecule has 0 saturated heterocycles. The Labute approximate surface area is 189 Å². The van der Waals surface area contributed by atoms with Crippen molar-refractivity contribution >= 4 is 5.91 Å². The highest BCUT2D eigenvalue weighted by atomic mass is 19.1. The summed E-state index contributed by atoms with van der Waals surface area (Å²) >= 11 is 0. The molecule has 0 unspecified atom stereocenters. The average molecular weight is 438 g/mol. The van der Waals surface area contributed by atoms with Gasteiger partial charge in [0.25, 0.3) is 0 Å². The van der Waals surface area contributed by atoms with Crippen molar-refractivity contribution in [2.45, 2.75) is 33.0 Å². The van der Waals surface area contributed by atoms with Gasteiger partial charge < -0.3 is 19.5 Å². The van der Waals surface area contributed by atoms with Crippen LogP contribution in [0.25, 0.3) is 0 Å². The van der Waals surface area contributed by atoms with Gasteiger partial charge in [-0.1, -0.05) is 42.5 Å². The molecule has 0 fully saturated rings. The Bertz CT molecular complexity index is 941. The van der Waals surface area contributed by atoms with Gasteiger partial charge in [0.2, 0.25) is 5.91 Å². The highest BCUT2D eigenvalue weighted by Crippen LogP contribution is 2.14. The van der Waals surface area contributed by atoms with E-state index in [1.807, 2.05) is 60.5 Å². The van der Waals surface area contributed by atoms with Gasteiger partial charge in [0, 0.05) is 38.2 Å². The third-order valence-corrected chi connectivity index (χ3v) is 5.23. The summed E-state index contributed by atoms with van der Waals surface area (Å²) in [6.45, 7) is 6.09. The lowest BCUT2D eigenvalue weighted by atomic mass is 10.2. The Kier molecular flexibility index (Phi) is 9.47. The van der Waals surface area contributed by atoms with E-state index in [0.29, 0.717) is 32.8 Å². The minimum absolute atomic E-state index is 0.0554. The van der Waals surface area contributed by atoms with Crippen molar-refractivity contribution in [3.05, 3.63) is 95.6 Å². The number of rotatable bonds is 13. The number of ether oxygens (including phenoxy) is 1. The number of benzene rings is 2. The maximum absolute atomic E-state index is 13.2. The van der Waals surface area contributed by atoms with Crippen LogP contribution in [0.3, 0.4) is 0 Å². The van der Waals surface area contributed by atoms with Crippen LogP contribution in [0.5, 0.6) is 0 Å². The van der Waals surface area contributed by atoms with Gasteiger partial charge in [0.1, 0.15) is 5.82 Å². The van der Waals surface area contributed by atoms with E-state index in [0.717, 1.165) is 29.8 Å². The largest absolute Gasteiger partial charge is 0.382 e. The van der Waals surface area contributed by atoms with Crippen molar-refractivity contribution in [1.29, 1.82) is 0 Å². The number of amides is 1. The summed E-state index contributed by atoms with van der Waals surface area (Å²) in [6, 6.07) is 20.6. The predicted molar refractivity (Wildman–Crippen MR) is 125 cm³/mol. The molecular formula is C26H32FN3O2. The minimum Gasteiger partial charge on any atom is -0.382 e. The van der Waals surface area contributed by atoms with Crippen LogP contribution >= 0.6 is 0 Å². The molecule has 1 amide bonds. The zero-order valence-corrected chi connectivity index (χ0v) is 18.7. The Morgan fingerprint density at radius 1 is 1.00 bits per heavy atom. The summed E-state index contributed by atoms with van der Waals surface area (Å²) in [5, 5.41) is 3.24. The molecule has 6 heteroatoms. The molecule has 2 aromatic carbocycles. The minimum atomic E-state index is -0.241. The van der Waals surface area contributed by atoms with Gasteiger partial charge in [-0.2, -0.15) is 0 Å². The molecule has 0 aliphatic rings. The zero-order valence-electron chi connectivity index (χ0n) is 18.7. The third-order valence-electron chi connectivity index (χ3n) is 5.23. The summed E-state index contributed by atoms with van der Waals surface area (Å²) in [6.07, 6.45) is 2.87. The quantitative estimate of drug-likeness (QED) is 0.407. The highest BCUT2D eigenvalue weighted by molar-refractivity contribution is 5.78. The second-order valence-electron chi connectivity index (χ2n) is 7.72. The van der Waals surface area contributed by atoms with Crippen LogP contribution < -0.4 is 5.32 Å². The van der Waals surface area contributed by atoms with Crippen molar-refractivity contribution in [2.75, 3.05) is 26.3 Å². The first kappa shape index (κ1) is 23.7. The van der Waals surface area contributed by atoms with Crippen LogP contribution in [-0.2, 0) is 29.2 Å². The molecule has 0 bridgehead atoms. The predicted octanol–water partition coefficient (Wildman–Crippen LogP) is 4.22. The third kappa shape index (κ3) is 7.62. The fourth-order valence-corrected chi connectivity index (χ4v) is 3.52. The number of aromatic nitrogens is 1. The molecule has 1 heterocycles. The van der Waals surface area contributed by atoms with Gasteiger partial charge in [-0.05, 0) is 55.3 Å². The standard InChI is InChI=1S/C26H32FN3O2/c1-2-32-17-7-15-28-18-26(31)30(20-22-8-4-3-5-9-22)21-25-10-6-16-29(25)19-23-11-13-24(27)14-12-23/h3-6,8-14,16,28H,2,7,15,17-21H2,1H3. The molecule has 5 nitrogen and oxygen atoms in total. The second kappa shape index (κ2) is 12.8. The summed E-state index contributed by atoms with van der Waals surface area (Å²) in [7, 11) is 0. The van der Waals surface area contributed by atoms with Crippen molar-refractivity contribution in [3.8, 4) is 0 Å². The summed E-state index contributed by atoms with van der Waals surface area (Å²) in [4.78, 5) is 14.9. The van der Waals surface area contributed by atoms with Gasteiger partial charge in [-0.25, -0.2) is 4.39 Å². The number of carbonyl (C=O) groups is 1. The van der Waals surface area contributed by atoms with Crippen molar-refractivity contribution in [1.82, 2.24) is 14.8 Å². The summed E-state index contributed by atoms with van der Waals surface area (Å²) in [5.41, 5.74) is 3.14. The molecule has 0 spiro atoms. The zero-order chi connectivity index (χ0) is 22.6. The molecule has 3 rings (SSSR count). The topological polar surface area (TPSA) is 46.5 Å². The average Bonchev–Trinajstić information content (AvgIpc) is 3.24. The van der Waals surface area contributed by atoms with Crippen molar-refractivity contribution in [2.24, 2.45) is 0 Å². The van der Waals surface area contributed by atoms with E-state index in [-0.39, 0.29) is 18.3 Å². The first-order valence-corrected chi connectivity index (χ1v) is 11.1. The van der Waals surface area contributed by atoms with Gasteiger partial charge in [0.05, 0.1) is 13.1 Å². The summed E-state index contributed by atoms with van der Waals surface area (Å²) in [5.74, 6) is -0.185. The van der Waals surface area contributed by atoms with E-state index in [9.17, 15) is 9.18 Å². The molecule has 0 atom stereocenters. The van der Waals surface area contributed by atoms with Crippen LogP contribution in [-0.4, -0.2) is 41.7 Å². The van der Waals surface area contributed by atoms with Gasteiger partial charge in [-0.15, -0.1) is 0 Å². The first-order chi connectivity index (χ1) is 15.7. The maximum Gasteiger partial charge on any atom is 0.237 e. The summed E-state index contributed by atoms with van der Waals surface area (Å²) < 4.78 is 20.7. The number of carbonyl (C=O) groups excluding carboxylic acids is 1. The van der Waals surface area contributed by atoms with Crippen LogP contribution in [0.4, 0.5) is 4.39 Å². The fraction of sp³-hybridized carbons (Fsp3) is 0.346. The van der Waals surface area contributed by atoms with E-state index in [1.165, 1.54) is 12.1 Å². The lowest BCUT2D eigenvalue weighted by Crippen LogP contribution is -2.38. The fourth-order valence-electron chi connectivity index (χ4n) is 3.52. The molecule has 3 aromatic rings. The normalized spacial score (nSPS) is 10.9. The second-order valence-corrected chi connectivity index (χ2v) is 7.72. The number of halogens is 1. The SMILES string of the molecule is CCOCCCNCC(=O)N(Cc1ccccc1)Cc1cccn1Cc1ccc(F)cc1. The molecule has 1 N–H and O–H groups in total. The number of nitrogens with one attached hydrogen (secondary N) is 1. The van der Waals surface area contributed by atoms with Gasteiger partial charge in [0.15, 0.2) is 0 Å². The molecule has 1 aromatic heterocycles. The molecule has 32 heavy (non-hydrogen) atoms. The highest BCUT2D eigenvalue weighted by Gasteiger charge is 2.16. The lowest BCUT2D eigenvalue weighted by molar-refractivity contribution is -0.131. The molecule has 0 aliphatic heterocycles. The molecule has 0 radical (unpaired) electrons. The number of hydrogen-bond donors (Lipinski definition) is 1. The van der Waals surface area contributed by atoms with E-state index in [4.69, 9.17) is 4.74 Å². The monoisotopic (exact) mass is 437 g/mol. The number of nitrogens with zero attached hydrogens (tertiary/aromatic N) is 2. The van der Waals surface area contributed by atoms with Crippen molar-refractivity contribution in [3.63, 3.8) is 0 Å². The molecular weight excluding hydrogens is 405 g/mol. The van der Waals surface area contributed by atoms with Crippen LogP contribution in [0.1, 0.15) is 30.2 Å². The Hall–Kier alpha value is -2.96. The molecule has 0 saturated carbocycles. The molecule has 0 aliphatic carbocycles. The smallest absolute Gasteiger partial charge is 0.237 e. The van der Waals surface area contributed by atoms with Crippen LogP contribution in [0, 0.1) is 5.82 Å². The maximum atomic E-state index is 13.2. The van der Waals surface area contributed by atoms with E-state index < -0.39 is 0 Å². The van der Waals surface area contributed by atoms with E-state index in [2.05, 4.69) is 9.88 Å². The number of hydrogen-bond acceptors (Lipinski definition) is 3. The van der Waals surface area contributed by atoms with Crippen LogP contribution in [0.15, 0.2) is 72.9 Å².